The first kappa shape index (κ1) is 12.2. The van der Waals surface area contributed by atoms with Crippen molar-refractivity contribution < 1.29 is 14.7 Å². The van der Waals surface area contributed by atoms with Crippen molar-refractivity contribution in [2.75, 3.05) is 0 Å². The van der Waals surface area contributed by atoms with Gasteiger partial charge in [-0.1, -0.05) is 36.4 Å². The van der Waals surface area contributed by atoms with E-state index in [1.165, 1.54) is 12.3 Å². The highest BCUT2D eigenvalue weighted by atomic mass is 16.4. The number of nitrogens with one attached hydrogen (secondary N) is 1. The van der Waals surface area contributed by atoms with Gasteiger partial charge in [-0.15, -0.1) is 0 Å². The molecule has 2 aromatic carbocycles. The molecule has 0 unspecified atom stereocenters. The maximum atomic E-state index is 12.3. The molecule has 4 nitrogen and oxygen atoms in total. The lowest BCUT2D eigenvalue weighted by atomic mass is 10.0. The van der Waals surface area contributed by atoms with E-state index in [0.717, 1.165) is 10.8 Å². The number of carbonyl (C=O) groups excluding carboxylic acids is 1. The minimum Gasteiger partial charge on any atom is -0.477 e. The number of aromatic amines is 1. The summed E-state index contributed by atoms with van der Waals surface area (Å²) in [4.78, 5) is 25.7. The summed E-state index contributed by atoms with van der Waals surface area (Å²) in [5.41, 5.74) is 0.895. The number of aromatic carboxylic acids is 1. The van der Waals surface area contributed by atoms with E-state index >= 15 is 0 Å². The van der Waals surface area contributed by atoms with Gasteiger partial charge in [0.25, 0.3) is 0 Å². The fraction of sp³-hybridized carbons (Fsp3) is 0. The second-order valence-electron chi connectivity index (χ2n) is 4.50. The summed E-state index contributed by atoms with van der Waals surface area (Å²) in [6.07, 6.45) is 1.42. The Hall–Kier alpha value is -2.88. The van der Waals surface area contributed by atoms with Crippen molar-refractivity contribution in [2.24, 2.45) is 0 Å². The molecule has 98 valence electrons. The zero-order valence-electron chi connectivity index (χ0n) is 10.5. The molecular formula is C16H11NO3. The molecule has 0 spiro atoms. The average molecular weight is 265 g/mol. The van der Waals surface area contributed by atoms with Gasteiger partial charge in [0.15, 0.2) is 5.78 Å². The summed E-state index contributed by atoms with van der Waals surface area (Å²) < 4.78 is 0. The minimum absolute atomic E-state index is 0.00846. The van der Waals surface area contributed by atoms with E-state index in [2.05, 4.69) is 4.98 Å². The third-order valence-electron chi connectivity index (χ3n) is 3.19. The van der Waals surface area contributed by atoms with Crippen molar-refractivity contribution >= 4 is 22.5 Å². The zero-order valence-corrected chi connectivity index (χ0v) is 10.5. The van der Waals surface area contributed by atoms with Crippen molar-refractivity contribution in [3.63, 3.8) is 0 Å². The Balaban J connectivity index is 2.00. The highest BCUT2D eigenvalue weighted by Gasteiger charge is 2.14. The number of benzene rings is 2. The quantitative estimate of drug-likeness (QED) is 0.715. The minimum atomic E-state index is -1.08. The van der Waals surface area contributed by atoms with Gasteiger partial charge in [0, 0.05) is 17.3 Å². The van der Waals surface area contributed by atoms with Crippen LogP contribution in [-0.4, -0.2) is 21.8 Å². The van der Waals surface area contributed by atoms with Gasteiger partial charge in [-0.2, -0.15) is 0 Å². The molecule has 0 aliphatic carbocycles. The Morgan fingerprint density at radius 3 is 2.35 bits per heavy atom. The number of carbonyl (C=O) groups is 2. The lowest BCUT2D eigenvalue weighted by molar-refractivity contribution is 0.0691. The summed E-state index contributed by atoms with van der Waals surface area (Å²) in [7, 11) is 0. The SMILES string of the molecule is O=C(c1c[nH]c(C(=O)O)c1)c1ccc2ccccc2c1. The van der Waals surface area contributed by atoms with Gasteiger partial charge in [0.1, 0.15) is 5.69 Å². The van der Waals surface area contributed by atoms with E-state index in [0.29, 0.717) is 11.1 Å². The predicted octanol–water partition coefficient (Wildman–Crippen LogP) is 3.10. The number of carboxylic acids is 1. The van der Waals surface area contributed by atoms with Crippen LogP contribution < -0.4 is 0 Å². The fourth-order valence-electron chi connectivity index (χ4n) is 2.15. The van der Waals surface area contributed by atoms with Crippen LogP contribution >= 0.6 is 0 Å². The second-order valence-corrected chi connectivity index (χ2v) is 4.50. The number of ketones is 1. The van der Waals surface area contributed by atoms with Crippen molar-refractivity contribution in [2.45, 2.75) is 0 Å². The van der Waals surface area contributed by atoms with E-state index in [9.17, 15) is 9.59 Å². The van der Waals surface area contributed by atoms with Gasteiger partial charge in [-0.25, -0.2) is 4.79 Å². The Kier molecular flexibility index (Phi) is 2.84. The zero-order chi connectivity index (χ0) is 14.1. The number of hydrogen-bond donors (Lipinski definition) is 2. The first-order valence-electron chi connectivity index (χ1n) is 6.10. The topological polar surface area (TPSA) is 70.2 Å². The Labute approximate surface area is 114 Å². The maximum Gasteiger partial charge on any atom is 0.352 e. The molecule has 3 rings (SSSR count). The highest BCUT2D eigenvalue weighted by molar-refractivity contribution is 6.11. The summed E-state index contributed by atoms with van der Waals surface area (Å²) >= 11 is 0. The van der Waals surface area contributed by atoms with Crippen LogP contribution in [-0.2, 0) is 0 Å². The van der Waals surface area contributed by atoms with Gasteiger partial charge >= 0.3 is 5.97 Å². The molecular weight excluding hydrogens is 254 g/mol. The first-order chi connectivity index (χ1) is 9.65. The van der Waals surface area contributed by atoms with Gasteiger partial charge in [-0.05, 0) is 22.9 Å². The molecule has 0 radical (unpaired) electrons. The van der Waals surface area contributed by atoms with Crippen LogP contribution in [0.15, 0.2) is 54.7 Å². The number of H-pyrrole nitrogens is 1. The van der Waals surface area contributed by atoms with E-state index in [-0.39, 0.29) is 11.5 Å². The number of hydrogen-bond acceptors (Lipinski definition) is 2. The third kappa shape index (κ3) is 2.07. The second kappa shape index (κ2) is 4.66. The molecule has 1 aromatic heterocycles. The van der Waals surface area contributed by atoms with Crippen molar-refractivity contribution in [3.05, 3.63) is 71.5 Å². The van der Waals surface area contributed by atoms with E-state index in [4.69, 9.17) is 5.11 Å². The van der Waals surface area contributed by atoms with Crippen LogP contribution in [0.4, 0.5) is 0 Å². The van der Waals surface area contributed by atoms with Gasteiger partial charge in [-0.3, -0.25) is 4.79 Å². The van der Waals surface area contributed by atoms with Crippen LogP contribution in [0, 0.1) is 0 Å². The van der Waals surface area contributed by atoms with Crippen molar-refractivity contribution in [1.29, 1.82) is 0 Å². The molecule has 0 atom stereocenters. The number of aromatic nitrogens is 1. The summed E-state index contributed by atoms with van der Waals surface area (Å²) in [6, 6.07) is 14.6. The lowest BCUT2D eigenvalue weighted by Gasteiger charge is -2.01. The fourth-order valence-corrected chi connectivity index (χ4v) is 2.15. The van der Waals surface area contributed by atoms with Gasteiger partial charge in [0.2, 0.25) is 0 Å². The molecule has 0 aliphatic rings. The van der Waals surface area contributed by atoms with Gasteiger partial charge < -0.3 is 10.1 Å². The summed E-state index contributed by atoms with van der Waals surface area (Å²) in [5, 5.41) is 10.9. The van der Waals surface area contributed by atoms with Crippen LogP contribution in [0.2, 0.25) is 0 Å². The smallest absolute Gasteiger partial charge is 0.352 e. The molecule has 2 N–H and O–H groups in total. The standard InChI is InChI=1S/C16H11NO3/c18-15(13-8-14(16(19)20)17-9-13)12-6-5-10-3-1-2-4-11(10)7-12/h1-9,17H,(H,19,20). The maximum absolute atomic E-state index is 12.3. The molecule has 0 amide bonds. The van der Waals surface area contributed by atoms with Crippen LogP contribution in [0.3, 0.4) is 0 Å². The van der Waals surface area contributed by atoms with Gasteiger partial charge in [0.05, 0.1) is 0 Å². The molecule has 20 heavy (non-hydrogen) atoms. The number of fused-ring (bicyclic) bond motifs is 1. The Morgan fingerprint density at radius 1 is 0.900 bits per heavy atom. The Bertz CT molecular complexity index is 817. The number of carboxylic acid groups (broad SMARTS) is 1. The van der Waals surface area contributed by atoms with E-state index in [1.54, 1.807) is 6.07 Å². The van der Waals surface area contributed by atoms with Crippen LogP contribution in [0.25, 0.3) is 10.8 Å². The summed E-state index contributed by atoms with van der Waals surface area (Å²) in [6.45, 7) is 0. The van der Waals surface area contributed by atoms with Crippen molar-refractivity contribution in [3.8, 4) is 0 Å². The normalized spacial score (nSPS) is 10.6. The summed E-state index contributed by atoms with van der Waals surface area (Å²) in [5.74, 6) is -1.28. The van der Waals surface area contributed by atoms with Crippen LogP contribution in [0.1, 0.15) is 26.4 Å². The Morgan fingerprint density at radius 2 is 1.65 bits per heavy atom. The molecule has 3 aromatic rings. The molecule has 1 heterocycles. The molecule has 0 bridgehead atoms. The van der Waals surface area contributed by atoms with Crippen molar-refractivity contribution in [1.82, 2.24) is 4.98 Å². The molecule has 4 heteroatoms. The third-order valence-corrected chi connectivity index (χ3v) is 3.19. The monoisotopic (exact) mass is 265 g/mol. The highest BCUT2D eigenvalue weighted by Crippen LogP contribution is 2.18. The van der Waals surface area contributed by atoms with Crippen LogP contribution in [0.5, 0.6) is 0 Å². The molecule has 0 aliphatic heterocycles. The molecule has 0 fully saturated rings. The predicted molar refractivity (Wildman–Crippen MR) is 75.1 cm³/mol. The lowest BCUT2D eigenvalue weighted by Crippen LogP contribution is -2.00. The molecule has 0 saturated heterocycles. The number of rotatable bonds is 3. The van der Waals surface area contributed by atoms with E-state index < -0.39 is 5.97 Å². The molecule has 0 saturated carbocycles. The average Bonchev–Trinajstić information content (AvgIpc) is 2.96. The first-order valence-corrected chi connectivity index (χ1v) is 6.10. The largest absolute Gasteiger partial charge is 0.477 e. The van der Waals surface area contributed by atoms with E-state index in [1.807, 2.05) is 36.4 Å².